The van der Waals surface area contributed by atoms with Gasteiger partial charge in [-0.25, -0.2) is 0 Å². The van der Waals surface area contributed by atoms with Gasteiger partial charge < -0.3 is 5.11 Å². The molecule has 0 amide bonds. The Labute approximate surface area is 104 Å². The number of aliphatic carboxylic acids is 1. The number of carboxylic acid groups (broad SMARTS) is 1. The maximum Gasteiger partial charge on any atom is 0.323 e. The molecule has 0 spiro atoms. The summed E-state index contributed by atoms with van der Waals surface area (Å²) in [5, 5.41) is 12.6. The van der Waals surface area contributed by atoms with Crippen LogP contribution in [0.15, 0.2) is 12.7 Å². The number of hydrogen-bond donors (Lipinski definition) is 2. The minimum absolute atomic E-state index is 0.539. The van der Waals surface area contributed by atoms with E-state index in [-0.39, 0.29) is 0 Å². The van der Waals surface area contributed by atoms with Crippen LogP contribution < -0.4 is 5.32 Å². The Balaban J connectivity index is 2.69. The first-order chi connectivity index (χ1) is 8.00. The molecule has 0 aromatic rings. The first-order valence-electron chi connectivity index (χ1n) is 6.59. The lowest BCUT2D eigenvalue weighted by Gasteiger charge is -2.38. The van der Waals surface area contributed by atoms with Gasteiger partial charge in [-0.15, -0.1) is 6.58 Å². The molecule has 2 unspecified atom stereocenters. The van der Waals surface area contributed by atoms with Crippen molar-refractivity contribution in [2.24, 2.45) is 11.8 Å². The normalized spacial score (nSPS) is 29.2. The fourth-order valence-corrected chi connectivity index (χ4v) is 2.96. The van der Waals surface area contributed by atoms with E-state index in [9.17, 15) is 9.90 Å². The molecule has 1 fully saturated rings. The second-order valence-electron chi connectivity index (χ2n) is 5.65. The molecular formula is C14H25NO2. The summed E-state index contributed by atoms with van der Waals surface area (Å²) in [6.07, 6.45) is 6.54. The van der Waals surface area contributed by atoms with Crippen molar-refractivity contribution in [3.05, 3.63) is 12.7 Å². The second-order valence-corrected chi connectivity index (χ2v) is 5.65. The largest absolute Gasteiger partial charge is 0.480 e. The van der Waals surface area contributed by atoms with E-state index in [2.05, 4.69) is 25.7 Å². The topological polar surface area (TPSA) is 49.3 Å². The first-order valence-corrected chi connectivity index (χ1v) is 6.59. The number of carbonyl (C=O) groups is 1. The van der Waals surface area contributed by atoms with Crippen LogP contribution in [-0.4, -0.2) is 23.2 Å². The third kappa shape index (κ3) is 3.84. The SMILES string of the molecule is C=CCNC1(C(=O)O)CCCC(CC(C)C)C1. The number of rotatable bonds is 6. The molecule has 98 valence electrons. The van der Waals surface area contributed by atoms with Crippen LogP contribution in [0.3, 0.4) is 0 Å². The Morgan fingerprint density at radius 3 is 2.88 bits per heavy atom. The molecule has 0 aliphatic heterocycles. The van der Waals surface area contributed by atoms with Crippen LogP contribution in [0, 0.1) is 11.8 Å². The zero-order valence-electron chi connectivity index (χ0n) is 11.0. The van der Waals surface area contributed by atoms with Crippen LogP contribution in [0.5, 0.6) is 0 Å². The van der Waals surface area contributed by atoms with E-state index in [4.69, 9.17) is 0 Å². The minimum atomic E-state index is -0.716. The molecule has 0 aromatic heterocycles. The van der Waals surface area contributed by atoms with Gasteiger partial charge in [-0.3, -0.25) is 10.1 Å². The predicted molar refractivity (Wildman–Crippen MR) is 70.0 cm³/mol. The third-order valence-electron chi connectivity index (χ3n) is 3.65. The highest BCUT2D eigenvalue weighted by molar-refractivity contribution is 5.79. The van der Waals surface area contributed by atoms with Gasteiger partial charge in [-0.05, 0) is 31.1 Å². The molecule has 1 rings (SSSR count). The van der Waals surface area contributed by atoms with Crippen LogP contribution >= 0.6 is 0 Å². The van der Waals surface area contributed by atoms with Crippen molar-refractivity contribution in [1.82, 2.24) is 5.32 Å². The Kier molecular flexibility index (Phi) is 5.19. The Hall–Kier alpha value is -0.830. The summed E-state index contributed by atoms with van der Waals surface area (Å²) >= 11 is 0. The summed E-state index contributed by atoms with van der Waals surface area (Å²) in [5.41, 5.74) is -0.716. The summed E-state index contributed by atoms with van der Waals surface area (Å²) in [6.45, 7) is 8.62. The van der Waals surface area contributed by atoms with Crippen LogP contribution in [0.1, 0.15) is 46.0 Å². The van der Waals surface area contributed by atoms with Gasteiger partial charge in [0.15, 0.2) is 0 Å². The van der Waals surface area contributed by atoms with Crippen molar-refractivity contribution in [3.8, 4) is 0 Å². The van der Waals surface area contributed by atoms with E-state index < -0.39 is 11.5 Å². The number of hydrogen-bond acceptors (Lipinski definition) is 2. The Bertz CT molecular complexity index is 275. The van der Waals surface area contributed by atoms with Crippen LogP contribution in [-0.2, 0) is 4.79 Å². The van der Waals surface area contributed by atoms with Gasteiger partial charge in [-0.1, -0.05) is 32.8 Å². The van der Waals surface area contributed by atoms with Crippen molar-refractivity contribution in [2.45, 2.75) is 51.5 Å². The van der Waals surface area contributed by atoms with E-state index in [1.807, 2.05) is 0 Å². The Morgan fingerprint density at radius 2 is 2.35 bits per heavy atom. The van der Waals surface area contributed by atoms with Gasteiger partial charge in [0.05, 0.1) is 0 Å². The smallest absolute Gasteiger partial charge is 0.323 e. The summed E-state index contributed by atoms with van der Waals surface area (Å²) in [4.78, 5) is 11.5. The first kappa shape index (κ1) is 14.2. The number of carboxylic acids is 1. The maximum atomic E-state index is 11.5. The minimum Gasteiger partial charge on any atom is -0.480 e. The molecule has 0 bridgehead atoms. The zero-order valence-corrected chi connectivity index (χ0v) is 11.0. The highest BCUT2D eigenvalue weighted by Crippen LogP contribution is 2.36. The Morgan fingerprint density at radius 1 is 1.65 bits per heavy atom. The van der Waals surface area contributed by atoms with Crippen LogP contribution in [0.2, 0.25) is 0 Å². The van der Waals surface area contributed by atoms with Crippen molar-refractivity contribution >= 4 is 5.97 Å². The summed E-state index contributed by atoms with van der Waals surface area (Å²) in [7, 11) is 0. The van der Waals surface area contributed by atoms with Gasteiger partial charge >= 0.3 is 5.97 Å². The molecule has 1 aliphatic carbocycles. The quantitative estimate of drug-likeness (QED) is 0.701. The highest BCUT2D eigenvalue weighted by Gasteiger charge is 2.42. The van der Waals surface area contributed by atoms with Gasteiger partial charge in [0.25, 0.3) is 0 Å². The van der Waals surface area contributed by atoms with Crippen molar-refractivity contribution in [1.29, 1.82) is 0 Å². The zero-order chi connectivity index (χ0) is 12.9. The van der Waals surface area contributed by atoms with Crippen LogP contribution in [0.25, 0.3) is 0 Å². The lowest BCUT2D eigenvalue weighted by molar-refractivity contribution is -0.147. The monoisotopic (exact) mass is 239 g/mol. The van der Waals surface area contributed by atoms with Crippen molar-refractivity contribution in [2.75, 3.05) is 6.54 Å². The molecule has 0 heterocycles. The van der Waals surface area contributed by atoms with Crippen LogP contribution in [0.4, 0.5) is 0 Å². The lowest BCUT2D eigenvalue weighted by Crippen LogP contribution is -2.55. The molecular weight excluding hydrogens is 214 g/mol. The molecule has 0 aromatic carbocycles. The molecule has 17 heavy (non-hydrogen) atoms. The van der Waals surface area contributed by atoms with E-state index in [0.29, 0.717) is 18.4 Å². The van der Waals surface area contributed by atoms with Crippen molar-refractivity contribution in [3.63, 3.8) is 0 Å². The highest BCUT2D eigenvalue weighted by atomic mass is 16.4. The van der Waals surface area contributed by atoms with E-state index in [1.54, 1.807) is 6.08 Å². The van der Waals surface area contributed by atoms with Gasteiger partial charge in [-0.2, -0.15) is 0 Å². The van der Waals surface area contributed by atoms with Gasteiger partial charge in [0, 0.05) is 6.54 Å². The summed E-state index contributed by atoms with van der Waals surface area (Å²) < 4.78 is 0. The molecule has 2 atom stereocenters. The molecule has 3 nitrogen and oxygen atoms in total. The number of nitrogens with one attached hydrogen (secondary N) is 1. The fourth-order valence-electron chi connectivity index (χ4n) is 2.96. The van der Waals surface area contributed by atoms with Gasteiger partial charge in [0.1, 0.15) is 5.54 Å². The third-order valence-corrected chi connectivity index (χ3v) is 3.65. The standard InChI is InChI=1S/C14H25NO2/c1-4-8-15-14(13(16)17)7-5-6-12(10-14)9-11(2)3/h4,11-12,15H,1,5-10H2,2-3H3,(H,16,17). The fraction of sp³-hybridized carbons (Fsp3) is 0.786. The van der Waals surface area contributed by atoms with Gasteiger partial charge in [0.2, 0.25) is 0 Å². The predicted octanol–water partition coefficient (Wildman–Crippen LogP) is 2.82. The summed E-state index contributed by atoms with van der Waals surface area (Å²) in [5.74, 6) is 0.481. The van der Waals surface area contributed by atoms with Crippen molar-refractivity contribution < 1.29 is 9.90 Å². The molecule has 1 aliphatic rings. The average molecular weight is 239 g/mol. The molecule has 0 radical (unpaired) electrons. The molecule has 0 saturated heterocycles. The van der Waals surface area contributed by atoms with E-state index >= 15 is 0 Å². The second kappa shape index (κ2) is 6.20. The maximum absolute atomic E-state index is 11.5. The van der Waals surface area contributed by atoms with E-state index in [0.717, 1.165) is 25.7 Å². The molecule has 3 heteroatoms. The molecule has 1 saturated carbocycles. The average Bonchev–Trinajstić information content (AvgIpc) is 2.25. The lowest BCUT2D eigenvalue weighted by atomic mass is 9.73. The summed E-state index contributed by atoms with van der Waals surface area (Å²) in [6, 6.07) is 0. The van der Waals surface area contributed by atoms with E-state index in [1.165, 1.54) is 6.42 Å². The molecule has 2 N–H and O–H groups in total.